The molecular weight excluding hydrogens is 300 g/mol. The third-order valence-corrected chi connectivity index (χ3v) is 3.35. The zero-order valence-corrected chi connectivity index (χ0v) is 12.7. The average Bonchev–Trinajstić information content (AvgIpc) is 2.84. The maximum atomic E-state index is 4.66. The van der Waals surface area contributed by atoms with Gasteiger partial charge in [-0.25, -0.2) is 4.98 Å². The van der Waals surface area contributed by atoms with E-state index in [2.05, 4.69) is 59.8 Å². The third kappa shape index (κ3) is 2.56. The Morgan fingerprint density at radius 2 is 1.79 bits per heavy atom. The molecule has 0 unspecified atom stereocenters. The van der Waals surface area contributed by atoms with Crippen LogP contribution >= 0.6 is 0 Å². The summed E-state index contributed by atoms with van der Waals surface area (Å²) in [6, 6.07) is 14.8. The van der Waals surface area contributed by atoms with Crippen LogP contribution in [0.2, 0.25) is 0 Å². The molecule has 2 aromatic heterocycles. The number of pyridine rings is 1. The second-order valence-corrected chi connectivity index (χ2v) is 4.57. The number of halogens is 1. The second-order valence-electron chi connectivity index (χ2n) is 4.57. The molecule has 0 aliphatic rings. The lowest BCUT2D eigenvalue weighted by atomic mass is 10.1. The Kier molecular flexibility index (Phi) is 4.05. The number of benzene rings is 1. The molecular formula is C16H16BrN2-. The highest BCUT2D eigenvalue weighted by molar-refractivity contribution is 5.63. The SMILES string of the molecule is CCc1ccc(-c2cn3c(C)cccc3n2)cc1.[Br-]. The number of aryl methyl sites for hydroxylation is 2. The number of aromatic nitrogens is 2. The molecule has 19 heavy (non-hydrogen) atoms. The van der Waals surface area contributed by atoms with Crippen LogP contribution in [-0.2, 0) is 6.42 Å². The molecule has 0 spiro atoms. The van der Waals surface area contributed by atoms with E-state index >= 15 is 0 Å². The maximum Gasteiger partial charge on any atom is 0.137 e. The first-order chi connectivity index (χ1) is 8.78. The minimum absolute atomic E-state index is 0. The van der Waals surface area contributed by atoms with Crippen LogP contribution in [0.25, 0.3) is 16.9 Å². The second kappa shape index (κ2) is 5.57. The minimum Gasteiger partial charge on any atom is -1.00 e. The molecule has 3 heteroatoms. The van der Waals surface area contributed by atoms with Crippen molar-refractivity contribution in [1.29, 1.82) is 0 Å². The fraction of sp³-hybridized carbons (Fsp3) is 0.188. The zero-order chi connectivity index (χ0) is 12.5. The Morgan fingerprint density at radius 1 is 1.05 bits per heavy atom. The van der Waals surface area contributed by atoms with E-state index in [1.807, 2.05) is 12.1 Å². The van der Waals surface area contributed by atoms with Gasteiger partial charge in [-0.05, 0) is 31.0 Å². The highest BCUT2D eigenvalue weighted by Gasteiger charge is 2.05. The Morgan fingerprint density at radius 3 is 2.42 bits per heavy atom. The van der Waals surface area contributed by atoms with E-state index in [1.165, 1.54) is 16.8 Å². The molecule has 1 aromatic carbocycles. The van der Waals surface area contributed by atoms with E-state index in [0.29, 0.717) is 0 Å². The van der Waals surface area contributed by atoms with Crippen molar-refractivity contribution < 1.29 is 17.0 Å². The van der Waals surface area contributed by atoms with Gasteiger partial charge in [0.1, 0.15) is 5.65 Å². The minimum atomic E-state index is 0. The number of imidazole rings is 1. The van der Waals surface area contributed by atoms with Gasteiger partial charge in [0.15, 0.2) is 0 Å². The van der Waals surface area contributed by atoms with Crippen molar-refractivity contribution in [2.45, 2.75) is 20.3 Å². The Hall–Kier alpha value is -1.61. The number of hydrogen-bond acceptors (Lipinski definition) is 1. The van der Waals surface area contributed by atoms with Crippen LogP contribution in [-0.4, -0.2) is 9.38 Å². The summed E-state index contributed by atoms with van der Waals surface area (Å²) in [5.74, 6) is 0. The van der Waals surface area contributed by atoms with Crippen molar-refractivity contribution in [3.8, 4) is 11.3 Å². The normalized spacial score (nSPS) is 10.4. The fourth-order valence-electron chi connectivity index (χ4n) is 2.20. The van der Waals surface area contributed by atoms with Crippen molar-refractivity contribution in [1.82, 2.24) is 9.38 Å². The van der Waals surface area contributed by atoms with Crippen LogP contribution in [0.15, 0.2) is 48.7 Å². The van der Waals surface area contributed by atoms with E-state index in [0.717, 1.165) is 17.8 Å². The molecule has 0 aliphatic carbocycles. The maximum absolute atomic E-state index is 4.66. The van der Waals surface area contributed by atoms with Gasteiger partial charge < -0.3 is 21.4 Å². The van der Waals surface area contributed by atoms with Gasteiger partial charge in [-0.1, -0.05) is 37.3 Å². The summed E-state index contributed by atoms with van der Waals surface area (Å²) in [4.78, 5) is 4.66. The number of hydrogen-bond donors (Lipinski definition) is 0. The summed E-state index contributed by atoms with van der Waals surface area (Å²) in [6.45, 7) is 4.27. The molecule has 0 radical (unpaired) electrons. The fourth-order valence-corrected chi connectivity index (χ4v) is 2.20. The Bertz CT molecular complexity index is 684. The first kappa shape index (κ1) is 13.8. The average molecular weight is 316 g/mol. The molecule has 3 rings (SSSR count). The van der Waals surface area contributed by atoms with Crippen molar-refractivity contribution in [3.63, 3.8) is 0 Å². The summed E-state index contributed by atoms with van der Waals surface area (Å²) in [6.07, 6.45) is 3.18. The molecule has 98 valence electrons. The highest BCUT2D eigenvalue weighted by Crippen LogP contribution is 2.20. The van der Waals surface area contributed by atoms with Gasteiger partial charge in [-0.3, -0.25) is 0 Å². The number of nitrogens with zero attached hydrogens (tertiary/aromatic N) is 2. The smallest absolute Gasteiger partial charge is 0.137 e. The standard InChI is InChI=1S/C16H16N2.BrH/c1-3-13-7-9-14(10-8-13)15-11-18-12(2)5-4-6-16(18)17-15;/h4-11H,3H2,1-2H3;1H/p-1. The molecule has 0 aliphatic heterocycles. The molecule has 0 N–H and O–H groups in total. The topological polar surface area (TPSA) is 17.3 Å². The van der Waals surface area contributed by atoms with Gasteiger partial charge in [0, 0.05) is 17.5 Å². The molecule has 0 saturated heterocycles. The number of rotatable bonds is 2. The molecule has 3 aromatic rings. The first-order valence-corrected chi connectivity index (χ1v) is 6.32. The largest absolute Gasteiger partial charge is 1.00 e. The van der Waals surface area contributed by atoms with Crippen LogP contribution in [0.3, 0.4) is 0 Å². The molecule has 0 bridgehead atoms. The zero-order valence-electron chi connectivity index (χ0n) is 11.1. The third-order valence-electron chi connectivity index (χ3n) is 3.35. The lowest BCUT2D eigenvalue weighted by molar-refractivity contribution is -0.00000383. The van der Waals surface area contributed by atoms with Gasteiger partial charge >= 0.3 is 0 Å². The van der Waals surface area contributed by atoms with E-state index in [-0.39, 0.29) is 17.0 Å². The van der Waals surface area contributed by atoms with Crippen molar-refractivity contribution in [2.75, 3.05) is 0 Å². The van der Waals surface area contributed by atoms with Gasteiger partial charge in [-0.15, -0.1) is 0 Å². The Labute approximate surface area is 123 Å². The van der Waals surface area contributed by atoms with Crippen molar-refractivity contribution >= 4 is 5.65 Å². The van der Waals surface area contributed by atoms with E-state index in [9.17, 15) is 0 Å². The van der Waals surface area contributed by atoms with Crippen LogP contribution in [0.4, 0.5) is 0 Å². The first-order valence-electron chi connectivity index (χ1n) is 6.32. The molecule has 0 atom stereocenters. The van der Waals surface area contributed by atoms with Gasteiger partial charge in [0.2, 0.25) is 0 Å². The van der Waals surface area contributed by atoms with Crippen LogP contribution in [0.1, 0.15) is 18.2 Å². The monoisotopic (exact) mass is 315 g/mol. The van der Waals surface area contributed by atoms with Crippen LogP contribution in [0.5, 0.6) is 0 Å². The quantitative estimate of drug-likeness (QED) is 0.686. The van der Waals surface area contributed by atoms with Crippen LogP contribution in [0, 0.1) is 6.92 Å². The predicted octanol–water partition coefficient (Wildman–Crippen LogP) is 0.876. The lowest BCUT2D eigenvalue weighted by Gasteiger charge is -1.98. The van der Waals surface area contributed by atoms with E-state index in [4.69, 9.17) is 0 Å². The predicted molar refractivity (Wildman–Crippen MR) is 74.7 cm³/mol. The summed E-state index contributed by atoms with van der Waals surface area (Å²) >= 11 is 0. The molecule has 0 fully saturated rings. The Balaban J connectivity index is 0.00000133. The van der Waals surface area contributed by atoms with Gasteiger partial charge in [-0.2, -0.15) is 0 Å². The molecule has 0 saturated carbocycles. The van der Waals surface area contributed by atoms with E-state index < -0.39 is 0 Å². The van der Waals surface area contributed by atoms with Gasteiger partial charge in [0.25, 0.3) is 0 Å². The van der Waals surface area contributed by atoms with Crippen molar-refractivity contribution in [3.05, 3.63) is 59.9 Å². The summed E-state index contributed by atoms with van der Waals surface area (Å²) in [5, 5.41) is 0. The van der Waals surface area contributed by atoms with E-state index in [1.54, 1.807) is 0 Å². The lowest BCUT2D eigenvalue weighted by Crippen LogP contribution is -3.00. The summed E-state index contributed by atoms with van der Waals surface area (Å²) < 4.78 is 2.13. The molecule has 2 nitrogen and oxygen atoms in total. The van der Waals surface area contributed by atoms with Gasteiger partial charge in [0.05, 0.1) is 5.69 Å². The van der Waals surface area contributed by atoms with Crippen molar-refractivity contribution in [2.24, 2.45) is 0 Å². The summed E-state index contributed by atoms with van der Waals surface area (Å²) in [5.41, 5.74) is 5.78. The molecule has 0 amide bonds. The highest BCUT2D eigenvalue weighted by atomic mass is 79.9. The molecule has 2 heterocycles. The summed E-state index contributed by atoms with van der Waals surface area (Å²) in [7, 11) is 0. The van der Waals surface area contributed by atoms with Crippen LogP contribution < -0.4 is 17.0 Å². The number of fused-ring (bicyclic) bond motifs is 1.